The van der Waals surface area contributed by atoms with E-state index in [4.69, 9.17) is 4.43 Å². The van der Waals surface area contributed by atoms with E-state index in [0.717, 1.165) is 18.3 Å². The Labute approximate surface area is 110 Å². The zero-order valence-corrected chi connectivity index (χ0v) is 13.6. The predicted octanol–water partition coefficient (Wildman–Crippen LogP) is 4.57. The van der Waals surface area contributed by atoms with Crippen molar-refractivity contribution in [3.63, 3.8) is 0 Å². The Morgan fingerprint density at radius 3 is 2.12 bits per heavy atom. The van der Waals surface area contributed by atoms with E-state index in [9.17, 15) is 0 Å². The first kappa shape index (κ1) is 13.1. The normalized spacial score (nSPS) is 40.3. The van der Waals surface area contributed by atoms with Gasteiger partial charge in [-0.25, -0.2) is 0 Å². The van der Waals surface area contributed by atoms with Crippen LogP contribution in [-0.2, 0) is 4.43 Å². The molecule has 1 nitrogen and oxygen atoms in total. The van der Waals surface area contributed by atoms with Crippen LogP contribution >= 0.6 is 15.9 Å². The highest BCUT2D eigenvalue weighted by Crippen LogP contribution is 2.66. The van der Waals surface area contributed by atoms with Gasteiger partial charge in [0, 0.05) is 0 Å². The molecule has 2 aliphatic rings. The first-order valence-corrected chi connectivity index (χ1v) is 11.0. The molecule has 0 spiro atoms. The second-order valence-electron chi connectivity index (χ2n) is 6.45. The van der Waals surface area contributed by atoms with Crippen LogP contribution in [0.3, 0.4) is 0 Å². The summed E-state index contributed by atoms with van der Waals surface area (Å²) in [6, 6.07) is 0. The Balaban J connectivity index is 2.04. The van der Waals surface area contributed by atoms with E-state index in [2.05, 4.69) is 42.5 Å². The first-order chi connectivity index (χ1) is 7.39. The zero-order chi connectivity index (χ0) is 12.0. The lowest BCUT2D eigenvalue weighted by molar-refractivity contribution is 0.171. The maximum atomic E-state index is 6.40. The van der Waals surface area contributed by atoms with Crippen molar-refractivity contribution in [1.82, 2.24) is 0 Å². The molecule has 16 heavy (non-hydrogen) atoms. The van der Waals surface area contributed by atoms with Crippen LogP contribution < -0.4 is 0 Å². The molecule has 3 heteroatoms. The van der Waals surface area contributed by atoms with Gasteiger partial charge in [-0.2, -0.15) is 0 Å². The summed E-state index contributed by atoms with van der Waals surface area (Å²) < 4.78 is 6.74. The molecule has 0 N–H and O–H groups in total. The largest absolute Gasteiger partial charge is 0.413 e. The fourth-order valence-corrected chi connectivity index (χ4v) is 6.26. The van der Waals surface area contributed by atoms with Crippen molar-refractivity contribution >= 4 is 24.2 Å². The van der Waals surface area contributed by atoms with Gasteiger partial charge in [0.1, 0.15) is 0 Å². The standard InChI is InChI=1S/C13H25BrOSi/c1-5-12(15-16(2,3)4)13(14)10-8-6-7-9-11(10)13/h10-12H,5-9H2,1-4H3. The molecule has 0 aliphatic heterocycles. The predicted molar refractivity (Wildman–Crippen MR) is 75.6 cm³/mol. The van der Waals surface area contributed by atoms with Crippen LogP contribution in [-0.4, -0.2) is 18.7 Å². The highest BCUT2D eigenvalue weighted by atomic mass is 79.9. The SMILES string of the molecule is CCC(O[Si](C)(C)C)C1(Br)C2CCCCC21. The molecule has 2 rings (SSSR count). The van der Waals surface area contributed by atoms with Gasteiger partial charge in [0.05, 0.1) is 10.4 Å². The van der Waals surface area contributed by atoms with Gasteiger partial charge in [-0.3, -0.25) is 0 Å². The Kier molecular flexibility index (Phi) is 3.60. The number of fused-ring (bicyclic) bond motifs is 1. The number of hydrogen-bond acceptors (Lipinski definition) is 1. The van der Waals surface area contributed by atoms with Gasteiger partial charge in [-0.15, -0.1) is 0 Å². The fraction of sp³-hybridized carbons (Fsp3) is 1.00. The molecule has 2 aliphatic carbocycles. The van der Waals surface area contributed by atoms with Gasteiger partial charge >= 0.3 is 0 Å². The lowest BCUT2D eigenvalue weighted by atomic mass is 10.0. The highest BCUT2D eigenvalue weighted by Gasteiger charge is 2.66. The Morgan fingerprint density at radius 2 is 1.75 bits per heavy atom. The third-order valence-corrected chi connectivity index (χ3v) is 6.83. The molecule has 0 aromatic rings. The average molecular weight is 305 g/mol. The molecule has 94 valence electrons. The van der Waals surface area contributed by atoms with Gasteiger partial charge in [0.15, 0.2) is 8.32 Å². The Morgan fingerprint density at radius 1 is 1.25 bits per heavy atom. The van der Waals surface area contributed by atoms with Crippen LogP contribution in [0, 0.1) is 11.8 Å². The summed E-state index contributed by atoms with van der Waals surface area (Å²) >= 11 is 4.06. The van der Waals surface area contributed by atoms with Crippen molar-refractivity contribution in [2.75, 3.05) is 0 Å². The Hall–Kier alpha value is 0.657. The van der Waals surface area contributed by atoms with Crippen LogP contribution in [0.25, 0.3) is 0 Å². The number of rotatable bonds is 4. The number of hydrogen-bond donors (Lipinski definition) is 0. The first-order valence-electron chi connectivity index (χ1n) is 6.76. The second-order valence-corrected chi connectivity index (χ2v) is 12.3. The van der Waals surface area contributed by atoms with Gasteiger partial charge < -0.3 is 4.43 Å². The number of alkyl halides is 1. The molecule has 3 unspecified atom stereocenters. The molecule has 2 fully saturated rings. The van der Waals surface area contributed by atoms with Crippen molar-refractivity contribution in [3.05, 3.63) is 0 Å². The van der Waals surface area contributed by atoms with Crippen LogP contribution in [0.5, 0.6) is 0 Å². The molecule has 0 amide bonds. The van der Waals surface area contributed by atoms with Gasteiger partial charge in [0.25, 0.3) is 0 Å². The van der Waals surface area contributed by atoms with E-state index >= 15 is 0 Å². The quantitative estimate of drug-likeness (QED) is 0.546. The van der Waals surface area contributed by atoms with E-state index in [0.29, 0.717) is 10.4 Å². The topological polar surface area (TPSA) is 9.23 Å². The summed E-state index contributed by atoms with van der Waals surface area (Å²) in [4.78, 5) is 0. The van der Waals surface area contributed by atoms with E-state index in [-0.39, 0.29) is 0 Å². The molecular formula is C13H25BrOSi. The zero-order valence-electron chi connectivity index (χ0n) is 11.1. The summed E-state index contributed by atoms with van der Waals surface area (Å²) in [6.07, 6.45) is 7.30. The minimum atomic E-state index is -1.41. The van der Waals surface area contributed by atoms with Crippen molar-refractivity contribution in [1.29, 1.82) is 0 Å². The van der Waals surface area contributed by atoms with Crippen molar-refractivity contribution in [2.45, 2.75) is 69.1 Å². The molecule has 0 bridgehead atoms. The summed E-state index contributed by atoms with van der Waals surface area (Å²) in [5.74, 6) is 1.81. The lowest BCUT2D eigenvalue weighted by Gasteiger charge is -2.30. The van der Waals surface area contributed by atoms with Crippen LogP contribution in [0.2, 0.25) is 19.6 Å². The summed E-state index contributed by atoms with van der Waals surface area (Å²) in [5.41, 5.74) is 0. The maximum absolute atomic E-state index is 6.40. The van der Waals surface area contributed by atoms with Crippen LogP contribution in [0.4, 0.5) is 0 Å². The van der Waals surface area contributed by atoms with Crippen molar-refractivity contribution < 1.29 is 4.43 Å². The average Bonchev–Trinajstić information content (AvgIpc) is 2.82. The summed E-state index contributed by atoms with van der Waals surface area (Å²) in [7, 11) is -1.41. The van der Waals surface area contributed by atoms with Gasteiger partial charge in [-0.05, 0) is 50.7 Å². The number of halogens is 1. The molecule has 0 radical (unpaired) electrons. The molecule has 0 aromatic carbocycles. The smallest absolute Gasteiger partial charge is 0.184 e. The van der Waals surface area contributed by atoms with Crippen molar-refractivity contribution in [3.8, 4) is 0 Å². The summed E-state index contributed by atoms with van der Waals surface area (Å²) in [5, 5.41) is 0. The van der Waals surface area contributed by atoms with Gasteiger partial charge in [-0.1, -0.05) is 35.7 Å². The third-order valence-electron chi connectivity index (χ3n) is 4.15. The second kappa shape index (κ2) is 4.40. The molecule has 3 atom stereocenters. The highest BCUT2D eigenvalue weighted by molar-refractivity contribution is 9.10. The lowest BCUT2D eigenvalue weighted by Crippen LogP contribution is -2.38. The molecule has 0 saturated heterocycles. The maximum Gasteiger partial charge on any atom is 0.184 e. The minimum Gasteiger partial charge on any atom is -0.413 e. The fourth-order valence-electron chi connectivity index (χ4n) is 3.49. The minimum absolute atomic E-state index is 0.346. The molecule has 2 saturated carbocycles. The molecule has 0 aromatic heterocycles. The van der Waals surface area contributed by atoms with E-state index in [1.165, 1.54) is 25.7 Å². The third kappa shape index (κ3) is 2.28. The van der Waals surface area contributed by atoms with Crippen LogP contribution in [0.1, 0.15) is 39.0 Å². The van der Waals surface area contributed by atoms with E-state index in [1.807, 2.05) is 0 Å². The van der Waals surface area contributed by atoms with E-state index < -0.39 is 8.32 Å². The van der Waals surface area contributed by atoms with Gasteiger partial charge in [0.2, 0.25) is 0 Å². The van der Waals surface area contributed by atoms with Crippen LogP contribution in [0.15, 0.2) is 0 Å². The molecule has 0 heterocycles. The molecular weight excluding hydrogens is 280 g/mol. The van der Waals surface area contributed by atoms with E-state index in [1.54, 1.807) is 0 Å². The Bertz CT molecular complexity index is 249. The summed E-state index contributed by atoms with van der Waals surface area (Å²) in [6.45, 7) is 9.19. The van der Waals surface area contributed by atoms with Crippen molar-refractivity contribution in [2.24, 2.45) is 11.8 Å². The monoisotopic (exact) mass is 304 g/mol.